The first-order valence-corrected chi connectivity index (χ1v) is 10.7. The molecule has 1 aliphatic carbocycles. The Morgan fingerprint density at radius 1 is 1.31 bits per heavy atom. The largest absolute Gasteiger partial charge is 0.444 e. The van der Waals surface area contributed by atoms with Crippen LogP contribution in [0.5, 0.6) is 0 Å². The Hall–Kier alpha value is -2.08. The first kappa shape index (κ1) is 20.2. The maximum atomic E-state index is 11.9. The minimum absolute atomic E-state index is 0.0291. The lowest BCUT2D eigenvalue weighted by atomic mass is 10.0. The summed E-state index contributed by atoms with van der Waals surface area (Å²) in [7, 11) is -3.07. The van der Waals surface area contributed by atoms with Crippen LogP contribution in [0.1, 0.15) is 45.2 Å². The summed E-state index contributed by atoms with van der Waals surface area (Å²) in [5.74, 6) is 0.0291. The highest BCUT2D eigenvalue weighted by molar-refractivity contribution is 7.89. The Labute approximate surface area is 156 Å². The van der Waals surface area contributed by atoms with Crippen LogP contribution in [0.15, 0.2) is 42.0 Å². The SMILES string of the molecule is C[C@H](NC(=O)OC(C)(C)C)C1=CC(c2cccc(CS(C)(=O)=O)c2)=CC1. The van der Waals surface area contributed by atoms with Crippen LogP contribution in [0, 0.1) is 0 Å². The lowest BCUT2D eigenvalue weighted by Crippen LogP contribution is -2.38. The second-order valence-corrected chi connectivity index (χ2v) is 9.86. The number of allylic oxidation sites excluding steroid dienone is 3. The fourth-order valence-electron chi connectivity index (χ4n) is 2.77. The van der Waals surface area contributed by atoms with E-state index >= 15 is 0 Å². The molecule has 0 aliphatic heterocycles. The molecule has 0 saturated carbocycles. The molecule has 0 spiro atoms. The molecule has 0 fully saturated rings. The normalized spacial score (nSPS) is 15.9. The minimum Gasteiger partial charge on any atom is -0.444 e. The van der Waals surface area contributed by atoms with Crippen LogP contribution in [0.2, 0.25) is 0 Å². The number of ether oxygens (including phenoxy) is 1. The number of hydrogen-bond acceptors (Lipinski definition) is 4. The highest BCUT2D eigenvalue weighted by atomic mass is 32.2. The highest BCUT2D eigenvalue weighted by Crippen LogP contribution is 2.28. The number of nitrogens with one attached hydrogen (secondary N) is 1. The second kappa shape index (κ2) is 7.66. The maximum absolute atomic E-state index is 11.9. The molecule has 0 unspecified atom stereocenters. The third-order valence-corrected chi connectivity index (χ3v) is 4.73. The second-order valence-electron chi connectivity index (χ2n) is 7.72. The van der Waals surface area contributed by atoms with Crippen molar-refractivity contribution in [2.45, 2.75) is 51.5 Å². The first-order chi connectivity index (χ1) is 11.9. The van der Waals surface area contributed by atoms with Gasteiger partial charge in [0.25, 0.3) is 0 Å². The van der Waals surface area contributed by atoms with Gasteiger partial charge >= 0.3 is 6.09 Å². The number of hydrogen-bond donors (Lipinski definition) is 1. The predicted molar refractivity (Wildman–Crippen MR) is 104 cm³/mol. The molecule has 1 aromatic rings. The third kappa shape index (κ3) is 6.33. The fourth-order valence-corrected chi connectivity index (χ4v) is 3.55. The molecular weight excluding hydrogens is 350 g/mol. The van der Waals surface area contributed by atoms with Gasteiger partial charge in [0.05, 0.1) is 11.8 Å². The van der Waals surface area contributed by atoms with Gasteiger partial charge in [0, 0.05) is 6.26 Å². The Kier molecular flexibility index (Phi) is 5.96. The standard InChI is InChI=1S/C20H27NO4S/c1-14(21-19(22)25-20(2,3)4)16-9-10-18(12-16)17-8-6-7-15(11-17)13-26(5,23)24/h6-8,10-12,14H,9,13H2,1-5H3,(H,21,22)/t14-/m0/s1. The van der Waals surface area contributed by atoms with E-state index in [9.17, 15) is 13.2 Å². The Bertz CT molecular complexity index is 845. The molecule has 1 aromatic carbocycles. The smallest absolute Gasteiger partial charge is 0.408 e. The molecule has 1 aliphatic rings. The van der Waals surface area contributed by atoms with E-state index in [1.807, 2.05) is 58.0 Å². The Balaban J connectivity index is 2.07. The Morgan fingerprint density at radius 3 is 2.62 bits per heavy atom. The van der Waals surface area contributed by atoms with Gasteiger partial charge in [0.15, 0.2) is 9.84 Å². The summed E-state index contributed by atoms with van der Waals surface area (Å²) >= 11 is 0. The van der Waals surface area contributed by atoms with Crippen molar-refractivity contribution in [3.63, 3.8) is 0 Å². The molecule has 1 N–H and O–H groups in total. The summed E-state index contributed by atoms with van der Waals surface area (Å²) in [6.45, 7) is 7.41. The molecule has 26 heavy (non-hydrogen) atoms. The van der Waals surface area contributed by atoms with Crippen molar-refractivity contribution >= 4 is 21.5 Å². The highest BCUT2D eigenvalue weighted by Gasteiger charge is 2.21. The van der Waals surface area contributed by atoms with Crippen molar-refractivity contribution < 1.29 is 17.9 Å². The molecule has 0 heterocycles. The van der Waals surface area contributed by atoms with Gasteiger partial charge in [-0.1, -0.05) is 36.4 Å². The van der Waals surface area contributed by atoms with Gasteiger partial charge in [-0.05, 0) is 56.4 Å². The molecule has 2 rings (SSSR count). The molecule has 0 saturated heterocycles. The molecule has 5 nitrogen and oxygen atoms in total. The van der Waals surface area contributed by atoms with Crippen molar-refractivity contribution in [2.24, 2.45) is 0 Å². The van der Waals surface area contributed by atoms with E-state index in [1.165, 1.54) is 6.26 Å². The molecule has 0 radical (unpaired) electrons. The number of carbonyl (C=O) groups excluding carboxylic acids is 1. The molecular formula is C20H27NO4S. The summed E-state index contributed by atoms with van der Waals surface area (Å²) in [5, 5.41) is 2.85. The zero-order valence-corrected chi connectivity index (χ0v) is 16.8. The minimum atomic E-state index is -3.07. The van der Waals surface area contributed by atoms with E-state index in [0.717, 1.165) is 28.7 Å². The quantitative estimate of drug-likeness (QED) is 0.846. The number of amides is 1. The zero-order chi connectivity index (χ0) is 19.5. The zero-order valence-electron chi connectivity index (χ0n) is 16.0. The molecule has 0 aromatic heterocycles. The maximum Gasteiger partial charge on any atom is 0.408 e. The fraction of sp³-hybridized carbons (Fsp3) is 0.450. The van der Waals surface area contributed by atoms with Gasteiger partial charge in [-0.2, -0.15) is 0 Å². The van der Waals surface area contributed by atoms with Crippen LogP contribution in [0.4, 0.5) is 4.79 Å². The lowest BCUT2D eigenvalue weighted by Gasteiger charge is -2.22. The molecule has 1 atom stereocenters. The van der Waals surface area contributed by atoms with Gasteiger partial charge in [0.2, 0.25) is 0 Å². The van der Waals surface area contributed by atoms with E-state index in [1.54, 1.807) is 0 Å². The number of sulfone groups is 1. The van der Waals surface area contributed by atoms with Crippen molar-refractivity contribution in [1.82, 2.24) is 5.32 Å². The summed E-state index contributed by atoms with van der Waals surface area (Å²) in [6.07, 6.45) is 5.66. The third-order valence-electron chi connectivity index (χ3n) is 3.88. The van der Waals surface area contributed by atoms with E-state index < -0.39 is 21.5 Å². The number of benzene rings is 1. The van der Waals surface area contributed by atoms with Gasteiger partial charge < -0.3 is 10.1 Å². The van der Waals surface area contributed by atoms with Crippen LogP contribution >= 0.6 is 0 Å². The van der Waals surface area contributed by atoms with Crippen LogP contribution in [-0.4, -0.2) is 32.4 Å². The van der Waals surface area contributed by atoms with Crippen molar-refractivity contribution in [2.75, 3.05) is 6.26 Å². The van der Waals surface area contributed by atoms with Gasteiger partial charge in [-0.3, -0.25) is 0 Å². The van der Waals surface area contributed by atoms with Crippen molar-refractivity contribution in [1.29, 1.82) is 0 Å². The topological polar surface area (TPSA) is 72.5 Å². The van der Waals surface area contributed by atoms with E-state index in [2.05, 4.69) is 11.4 Å². The summed E-state index contributed by atoms with van der Waals surface area (Å²) in [4.78, 5) is 11.9. The number of rotatable bonds is 5. The van der Waals surface area contributed by atoms with E-state index in [-0.39, 0.29) is 11.8 Å². The molecule has 142 valence electrons. The average molecular weight is 378 g/mol. The monoisotopic (exact) mass is 377 g/mol. The molecule has 6 heteroatoms. The number of alkyl carbamates (subject to hydrolysis) is 1. The number of carbonyl (C=O) groups is 1. The van der Waals surface area contributed by atoms with E-state index in [0.29, 0.717) is 0 Å². The molecule has 1 amide bonds. The van der Waals surface area contributed by atoms with Gasteiger partial charge in [0.1, 0.15) is 5.60 Å². The average Bonchev–Trinajstić information content (AvgIpc) is 2.93. The lowest BCUT2D eigenvalue weighted by molar-refractivity contribution is 0.0515. The van der Waals surface area contributed by atoms with Crippen LogP contribution in [0.3, 0.4) is 0 Å². The van der Waals surface area contributed by atoms with Crippen LogP contribution < -0.4 is 5.32 Å². The first-order valence-electron chi connectivity index (χ1n) is 8.60. The van der Waals surface area contributed by atoms with Gasteiger partial charge in [-0.15, -0.1) is 0 Å². The van der Waals surface area contributed by atoms with Crippen molar-refractivity contribution in [3.8, 4) is 0 Å². The van der Waals surface area contributed by atoms with Crippen LogP contribution in [-0.2, 0) is 20.3 Å². The molecule has 0 bridgehead atoms. The summed E-state index contributed by atoms with van der Waals surface area (Å²) in [5.41, 5.74) is 3.34. The summed E-state index contributed by atoms with van der Waals surface area (Å²) < 4.78 is 28.3. The van der Waals surface area contributed by atoms with Crippen LogP contribution in [0.25, 0.3) is 5.57 Å². The summed E-state index contributed by atoms with van der Waals surface area (Å²) in [6, 6.07) is 7.40. The van der Waals surface area contributed by atoms with Gasteiger partial charge in [-0.25, -0.2) is 13.2 Å². The van der Waals surface area contributed by atoms with E-state index in [4.69, 9.17) is 4.74 Å². The predicted octanol–water partition coefficient (Wildman–Crippen LogP) is 3.86. The van der Waals surface area contributed by atoms with Crippen molar-refractivity contribution in [3.05, 3.63) is 53.1 Å². The Morgan fingerprint density at radius 2 is 2.00 bits per heavy atom.